The summed E-state index contributed by atoms with van der Waals surface area (Å²) in [5.74, 6) is 0.534. The van der Waals surface area contributed by atoms with Crippen molar-refractivity contribution in [1.82, 2.24) is 15.3 Å². The zero-order valence-corrected chi connectivity index (χ0v) is 14.0. The van der Waals surface area contributed by atoms with Crippen molar-refractivity contribution in [1.29, 1.82) is 0 Å². The summed E-state index contributed by atoms with van der Waals surface area (Å²) in [6.07, 6.45) is 4.20. The Labute approximate surface area is 146 Å². The van der Waals surface area contributed by atoms with Crippen molar-refractivity contribution in [3.8, 4) is 0 Å². The number of rotatable bonds is 6. The molecule has 2 unspecified atom stereocenters. The van der Waals surface area contributed by atoms with E-state index in [0.717, 1.165) is 12.1 Å². The largest absolute Gasteiger partial charge is 0.380 e. The summed E-state index contributed by atoms with van der Waals surface area (Å²) in [5.41, 5.74) is 6.52. The second kappa shape index (κ2) is 7.91. The molecule has 2 atom stereocenters. The lowest BCUT2D eigenvalue weighted by Gasteiger charge is -2.32. The van der Waals surface area contributed by atoms with E-state index in [-0.39, 0.29) is 12.1 Å². The number of carbonyl (C=O) groups is 1. The van der Waals surface area contributed by atoms with E-state index in [4.69, 9.17) is 10.5 Å². The first kappa shape index (κ1) is 17.1. The van der Waals surface area contributed by atoms with E-state index in [9.17, 15) is 4.79 Å². The second-order valence-electron chi connectivity index (χ2n) is 5.83. The molecule has 1 aliphatic heterocycles. The van der Waals surface area contributed by atoms with Gasteiger partial charge < -0.3 is 26.4 Å². The molecule has 0 aliphatic carbocycles. The summed E-state index contributed by atoms with van der Waals surface area (Å²) in [7, 11) is 1.91. The normalized spacial score (nSPS) is 20.0. The lowest BCUT2D eigenvalue weighted by molar-refractivity contribution is 0.0657. The summed E-state index contributed by atoms with van der Waals surface area (Å²) in [6.45, 7) is 1.35. The first-order valence-corrected chi connectivity index (χ1v) is 8.17. The predicted octanol–water partition coefficient (Wildman–Crippen LogP) is 1.11. The van der Waals surface area contributed by atoms with Gasteiger partial charge in [0.2, 0.25) is 0 Å². The third kappa shape index (κ3) is 4.23. The minimum absolute atomic E-state index is 0.192. The number of ether oxygens (including phenoxy) is 1. The number of nitrogens with zero attached hydrogens (tertiary/aromatic N) is 2. The number of amides is 1. The molecule has 1 amide bonds. The van der Waals surface area contributed by atoms with E-state index in [0.29, 0.717) is 30.4 Å². The van der Waals surface area contributed by atoms with E-state index in [1.807, 2.05) is 13.1 Å². The third-order valence-corrected chi connectivity index (χ3v) is 4.15. The number of pyridine rings is 2. The van der Waals surface area contributed by atoms with Crippen LogP contribution in [0, 0.1) is 0 Å². The van der Waals surface area contributed by atoms with Crippen molar-refractivity contribution < 1.29 is 9.53 Å². The number of anilines is 3. The van der Waals surface area contributed by atoms with Gasteiger partial charge in [-0.1, -0.05) is 0 Å². The average Bonchev–Trinajstić information content (AvgIpc) is 2.63. The maximum absolute atomic E-state index is 11.7. The quantitative estimate of drug-likeness (QED) is 0.622. The Morgan fingerprint density at radius 3 is 2.92 bits per heavy atom. The van der Waals surface area contributed by atoms with Crippen LogP contribution in [0.25, 0.3) is 0 Å². The molecule has 1 aliphatic rings. The van der Waals surface area contributed by atoms with Crippen molar-refractivity contribution in [2.75, 3.05) is 30.9 Å². The highest BCUT2D eigenvalue weighted by atomic mass is 16.5. The molecule has 3 rings (SSSR count). The van der Waals surface area contributed by atoms with Crippen LogP contribution in [0.15, 0.2) is 36.7 Å². The molecular formula is C17H22N6O2. The van der Waals surface area contributed by atoms with E-state index in [2.05, 4.69) is 25.9 Å². The van der Waals surface area contributed by atoms with Crippen molar-refractivity contribution in [3.63, 3.8) is 0 Å². The minimum Gasteiger partial charge on any atom is -0.380 e. The molecule has 8 nitrogen and oxygen atoms in total. The zero-order chi connectivity index (χ0) is 17.6. The number of nitrogens with one attached hydrogen (secondary N) is 3. The highest BCUT2D eigenvalue weighted by Gasteiger charge is 2.25. The fourth-order valence-corrected chi connectivity index (χ4v) is 2.79. The van der Waals surface area contributed by atoms with Crippen LogP contribution in [-0.2, 0) is 4.74 Å². The zero-order valence-electron chi connectivity index (χ0n) is 14.0. The van der Waals surface area contributed by atoms with Gasteiger partial charge in [-0.15, -0.1) is 0 Å². The monoisotopic (exact) mass is 342 g/mol. The molecule has 132 valence electrons. The molecule has 2 aromatic heterocycles. The van der Waals surface area contributed by atoms with Crippen molar-refractivity contribution in [3.05, 3.63) is 42.2 Å². The molecule has 3 heterocycles. The van der Waals surface area contributed by atoms with Crippen LogP contribution in [0.1, 0.15) is 16.8 Å². The fourth-order valence-electron chi connectivity index (χ4n) is 2.79. The van der Waals surface area contributed by atoms with Crippen LogP contribution < -0.4 is 21.7 Å². The van der Waals surface area contributed by atoms with Gasteiger partial charge in [-0.2, -0.15) is 0 Å². The van der Waals surface area contributed by atoms with Crippen LogP contribution in [0.5, 0.6) is 0 Å². The lowest BCUT2D eigenvalue weighted by atomic mass is 10.0. The molecule has 0 bridgehead atoms. The fraction of sp³-hybridized carbons (Fsp3) is 0.353. The van der Waals surface area contributed by atoms with Crippen LogP contribution in [0.4, 0.5) is 17.3 Å². The Bertz CT molecular complexity index is 724. The summed E-state index contributed by atoms with van der Waals surface area (Å²) in [4.78, 5) is 20.3. The SMILES string of the molecule is CNC1COCCC1Nc1ccc(C(N)=O)c(Nc2cccnc2)n1. The molecule has 8 heteroatoms. The van der Waals surface area contributed by atoms with Crippen LogP contribution >= 0.6 is 0 Å². The summed E-state index contributed by atoms with van der Waals surface area (Å²) < 4.78 is 5.49. The number of carbonyl (C=O) groups excluding carboxylic acids is 1. The first-order chi connectivity index (χ1) is 12.2. The van der Waals surface area contributed by atoms with Gasteiger partial charge in [-0.3, -0.25) is 9.78 Å². The predicted molar refractivity (Wildman–Crippen MR) is 96.0 cm³/mol. The number of hydrogen-bond donors (Lipinski definition) is 4. The van der Waals surface area contributed by atoms with E-state index < -0.39 is 5.91 Å². The molecule has 0 spiro atoms. The van der Waals surface area contributed by atoms with E-state index in [1.54, 1.807) is 30.6 Å². The lowest BCUT2D eigenvalue weighted by Crippen LogP contribution is -2.49. The summed E-state index contributed by atoms with van der Waals surface area (Å²) in [6, 6.07) is 7.46. The van der Waals surface area contributed by atoms with Crippen molar-refractivity contribution in [2.45, 2.75) is 18.5 Å². The molecule has 1 fully saturated rings. The van der Waals surface area contributed by atoms with Gasteiger partial charge >= 0.3 is 0 Å². The Kier molecular flexibility index (Phi) is 5.42. The van der Waals surface area contributed by atoms with Gasteiger partial charge in [-0.25, -0.2) is 4.98 Å². The van der Waals surface area contributed by atoms with Gasteiger partial charge in [0.1, 0.15) is 11.6 Å². The molecule has 1 saturated heterocycles. The topological polar surface area (TPSA) is 114 Å². The van der Waals surface area contributed by atoms with Crippen molar-refractivity contribution >= 4 is 23.2 Å². The Balaban J connectivity index is 1.83. The number of likely N-dealkylation sites (N-methyl/N-ethyl adjacent to an activating group) is 1. The number of aromatic nitrogens is 2. The first-order valence-electron chi connectivity index (χ1n) is 8.17. The summed E-state index contributed by atoms with van der Waals surface area (Å²) >= 11 is 0. The average molecular weight is 342 g/mol. The number of hydrogen-bond acceptors (Lipinski definition) is 7. The van der Waals surface area contributed by atoms with Gasteiger partial charge in [0, 0.05) is 18.8 Å². The molecule has 0 radical (unpaired) electrons. The van der Waals surface area contributed by atoms with Crippen LogP contribution in [0.3, 0.4) is 0 Å². The Morgan fingerprint density at radius 2 is 2.20 bits per heavy atom. The maximum atomic E-state index is 11.7. The van der Waals surface area contributed by atoms with E-state index in [1.165, 1.54) is 0 Å². The van der Waals surface area contributed by atoms with Crippen molar-refractivity contribution in [2.24, 2.45) is 5.73 Å². The molecule has 25 heavy (non-hydrogen) atoms. The maximum Gasteiger partial charge on any atom is 0.252 e. The molecule has 5 N–H and O–H groups in total. The standard InChI is InChI=1S/C17H22N6O2/c1-19-14-10-25-8-6-13(14)22-15-5-4-12(16(18)24)17(23-15)21-11-3-2-7-20-9-11/h2-5,7,9,13-14,19H,6,8,10H2,1H3,(H2,18,24)(H2,21,22,23). The van der Waals surface area contributed by atoms with Gasteiger partial charge in [0.15, 0.2) is 0 Å². The third-order valence-electron chi connectivity index (χ3n) is 4.15. The van der Waals surface area contributed by atoms with Gasteiger partial charge in [0.05, 0.1) is 30.1 Å². The molecule has 2 aromatic rings. The Hall–Kier alpha value is -2.71. The highest BCUT2D eigenvalue weighted by Crippen LogP contribution is 2.22. The second-order valence-corrected chi connectivity index (χ2v) is 5.83. The number of primary amides is 1. The van der Waals surface area contributed by atoms with Crippen LogP contribution in [0.2, 0.25) is 0 Å². The Morgan fingerprint density at radius 1 is 1.32 bits per heavy atom. The van der Waals surface area contributed by atoms with Crippen LogP contribution in [-0.4, -0.2) is 48.2 Å². The smallest absolute Gasteiger partial charge is 0.252 e. The molecule has 0 saturated carbocycles. The minimum atomic E-state index is -0.537. The highest BCUT2D eigenvalue weighted by molar-refractivity contribution is 5.98. The number of nitrogens with two attached hydrogens (primary N) is 1. The molecular weight excluding hydrogens is 320 g/mol. The summed E-state index contributed by atoms with van der Waals surface area (Å²) in [5, 5.41) is 9.76. The van der Waals surface area contributed by atoms with E-state index >= 15 is 0 Å². The molecule has 0 aromatic carbocycles. The van der Waals surface area contributed by atoms with Gasteiger partial charge in [0.25, 0.3) is 5.91 Å². The van der Waals surface area contributed by atoms with Gasteiger partial charge in [-0.05, 0) is 37.7 Å².